The van der Waals surface area contributed by atoms with Gasteiger partial charge in [0.05, 0.1) is 41.6 Å². The van der Waals surface area contributed by atoms with Crippen LogP contribution in [-0.4, -0.2) is 47.1 Å². The third kappa shape index (κ3) is 4.51. The average molecular weight is 481 g/mol. The fourth-order valence-electron chi connectivity index (χ4n) is 4.68. The van der Waals surface area contributed by atoms with Gasteiger partial charge in [-0.15, -0.1) is 5.10 Å². The van der Waals surface area contributed by atoms with Crippen LogP contribution in [0.4, 0.5) is 5.69 Å². The van der Waals surface area contributed by atoms with Crippen molar-refractivity contribution in [2.75, 3.05) is 5.32 Å². The quantitative estimate of drug-likeness (QED) is 0.392. The summed E-state index contributed by atoms with van der Waals surface area (Å²) in [6.45, 7) is 1.77. The number of rotatable bonds is 7. The predicted octanol–water partition coefficient (Wildman–Crippen LogP) is 3.45. The topological polar surface area (TPSA) is 151 Å². The molecular formula is C25H24N10O. The Bertz CT molecular complexity index is 1480. The van der Waals surface area contributed by atoms with Crippen LogP contribution in [-0.2, 0) is 4.79 Å². The molecule has 180 valence electrons. The van der Waals surface area contributed by atoms with Gasteiger partial charge in [0.1, 0.15) is 24.1 Å². The van der Waals surface area contributed by atoms with E-state index in [0.717, 1.165) is 43.0 Å². The van der Waals surface area contributed by atoms with Crippen LogP contribution in [0.15, 0.2) is 36.9 Å². The molecule has 0 spiro atoms. The van der Waals surface area contributed by atoms with Gasteiger partial charge in [-0.1, -0.05) is 5.21 Å². The molecule has 11 nitrogen and oxygen atoms in total. The summed E-state index contributed by atoms with van der Waals surface area (Å²) in [7, 11) is 0. The number of hydrogen-bond acceptors (Lipinski definition) is 9. The van der Waals surface area contributed by atoms with E-state index >= 15 is 0 Å². The average Bonchev–Trinajstić information content (AvgIpc) is 3.56. The van der Waals surface area contributed by atoms with Crippen molar-refractivity contribution in [3.05, 3.63) is 48.2 Å². The Morgan fingerprint density at radius 1 is 1.17 bits per heavy atom. The summed E-state index contributed by atoms with van der Waals surface area (Å²) < 4.78 is 3.27. The molecule has 1 saturated carbocycles. The van der Waals surface area contributed by atoms with Gasteiger partial charge in [0, 0.05) is 30.0 Å². The lowest BCUT2D eigenvalue weighted by molar-refractivity contribution is -0.108. The van der Waals surface area contributed by atoms with Crippen LogP contribution >= 0.6 is 0 Å². The van der Waals surface area contributed by atoms with E-state index in [1.807, 2.05) is 6.20 Å². The van der Waals surface area contributed by atoms with Crippen LogP contribution < -0.4 is 5.32 Å². The van der Waals surface area contributed by atoms with Crippen molar-refractivity contribution in [2.24, 2.45) is 5.92 Å². The molecule has 1 aliphatic rings. The van der Waals surface area contributed by atoms with Gasteiger partial charge in [-0.2, -0.15) is 20.3 Å². The Morgan fingerprint density at radius 2 is 2.00 bits per heavy atom. The number of carbonyl (C=O) groups excluding carboxylic acids is 1. The van der Waals surface area contributed by atoms with Crippen molar-refractivity contribution >= 4 is 23.0 Å². The molecule has 5 rings (SSSR count). The summed E-state index contributed by atoms with van der Waals surface area (Å²) in [4.78, 5) is 19.8. The van der Waals surface area contributed by atoms with E-state index in [1.165, 1.54) is 6.20 Å². The summed E-state index contributed by atoms with van der Waals surface area (Å²) in [5, 5.41) is 35.6. The normalized spacial score (nSPS) is 18.3. The zero-order chi connectivity index (χ0) is 25.1. The second kappa shape index (κ2) is 9.92. The first kappa shape index (κ1) is 23.1. The van der Waals surface area contributed by atoms with E-state index in [0.29, 0.717) is 46.7 Å². The molecule has 1 aliphatic carbocycles. The molecule has 1 fully saturated rings. The van der Waals surface area contributed by atoms with E-state index in [-0.39, 0.29) is 0 Å². The second-order valence-electron chi connectivity index (χ2n) is 9.07. The summed E-state index contributed by atoms with van der Waals surface area (Å²) in [5.41, 5.74) is 3.25. The standard InChI is InChI=1S/C25H24N10O/c1-16(10-26)31-21-9-24(35-25-20(13-30-35)8-18(11-27)12-29-25)28-14-23(21)34-15-22(32-33-34)19-4-2-17(3-5-19)6-7-36/h7-9,12-17,19H,2-6H2,1H3,(H,28,31)/t16-,17?,19?/m1/s1. The lowest BCUT2D eigenvalue weighted by Crippen LogP contribution is -2.15. The molecule has 0 saturated heterocycles. The van der Waals surface area contributed by atoms with Crippen LogP contribution in [0.2, 0.25) is 0 Å². The molecule has 4 aromatic heterocycles. The molecular weight excluding hydrogens is 456 g/mol. The number of aromatic nitrogens is 7. The number of carbonyl (C=O) groups is 1. The summed E-state index contributed by atoms with van der Waals surface area (Å²) in [5.74, 6) is 1.28. The lowest BCUT2D eigenvalue weighted by atomic mass is 9.79. The molecule has 1 atom stereocenters. The molecule has 0 unspecified atom stereocenters. The minimum Gasteiger partial charge on any atom is -0.368 e. The van der Waals surface area contributed by atoms with E-state index in [9.17, 15) is 10.1 Å². The Hall–Kier alpha value is -4.64. The van der Waals surface area contributed by atoms with Crippen LogP contribution in [0.1, 0.15) is 56.2 Å². The molecule has 0 amide bonds. The van der Waals surface area contributed by atoms with Crippen LogP contribution in [0.25, 0.3) is 22.5 Å². The molecule has 4 heterocycles. The van der Waals surface area contributed by atoms with E-state index in [4.69, 9.17) is 5.26 Å². The number of pyridine rings is 2. The molecule has 1 N–H and O–H groups in total. The summed E-state index contributed by atoms with van der Waals surface area (Å²) >= 11 is 0. The molecule has 0 aliphatic heterocycles. The molecule has 36 heavy (non-hydrogen) atoms. The van der Waals surface area contributed by atoms with E-state index in [2.05, 4.69) is 42.8 Å². The monoisotopic (exact) mass is 480 g/mol. The summed E-state index contributed by atoms with van der Waals surface area (Å²) in [6, 6.07) is 7.33. The number of hydrogen-bond donors (Lipinski definition) is 1. The van der Waals surface area contributed by atoms with Crippen molar-refractivity contribution in [3.8, 4) is 23.6 Å². The van der Waals surface area contributed by atoms with Gasteiger partial charge in [0.2, 0.25) is 0 Å². The predicted molar refractivity (Wildman–Crippen MR) is 130 cm³/mol. The lowest BCUT2D eigenvalue weighted by Gasteiger charge is -2.25. The van der Waals surface area contributed by atoms with Gasteiger partial charge in [-0.25, -0.2) is 14.6 Å². The third-order valence-corrected chi connectivity index (χ3v) is 6.64. The van der Waals surface area contributed by atoms with Crippen molar-refractivity contribution in [3.63, 3.8) is 0 Å². The minimum absolute atomic E-state index is 0.308. The fourth-order valence-corrected chi connectivity index (χ4v) is 4.68. The molecule has 4 aromatic rings. The first-order valence-electron chi connectivity index (χ1n) is 11.9. The maximum atomic E-state index is 10.8. The molecule has 11 heteroatoms. The largest absolute Gasteiger partial charge is 0.368 e. The smallest absolute Gasteiger partial charge is 0.164 e. The number of fused-ring (bicyclic) bond motifs is 1. The Morgan fingerprint density at radius 3 is 2.75 bits per heavy atom. The van der Waals surface area contributed by atoms with Gasteiger partial charge in [0.25, 0.3) is 0 Å². The Kier molecular flexibility index (Phi) is 6.37. The highest BCUT2D eigenvalue weighted by atomic mass is 16.1. The number of anilines is 1. The maximum absolute atomic E-state index is 10.8. The number of nitrogens with one attached hydrogen (secondary N) is 1. The fraction of sp³-hybridized carbons (Fsp3) is 0.360. The summed E-state index contributed by atoms with van der Waals surface area (Å²) in [6.07, 6.45) is 12.4. The van der Waals surface area contributed by atoms with Gasteiger partial charge in [-0.3, -0.25) is 0 Å². The first-order chi connectivity index (χ1) is 17.6. The maximum Gasteiger partial charge on any atom is 0.164 e. The molecule has 0 radical (unpaired) electrons. The highest BCUT2D eigenvalue weighted by Gasteiger charge is 2.25. The Labute approximate surface area is 207 Å². The zero-order valence-corrected chi connectivity index (χ0v) is 19.7. The highest BCUT2D eigenvalue weighted by Crippen LogP contribution is 2.36. The van der Waals surface area contributed by atoms with Gasteiger partial charge in [-0.05, 0) is 44.6 Å². The number of aldehydes is 1. The molecule has 0 bridgehead atoms. The molecule has 0 aromatic carbocycles. The van der Waals surface area contributed by atoms with Crippen molar-refractivity contribution in [2.45, 2.75) is 51.0 Å². The van der Waals surface area contributed by atoms with Gasteiger partial charge in [0.15, 0.2) is 11.5 Å². The van der Waals surface area contributed by atoms with Crippen LogP contribution in [0.3, 0.4) is 0 Å². The van der Waals surface area contributed by atoms with Crippen molar-refractivity contribution in [1.82, 2.24) is 34.7 Å². The number of nitrogens with zero attached hydrogens (tertiary/aromatic N) is 9. The zero-order valence-electron chi connectivity index (χ0n) is 19.7. The second-order valence-corrected chi connectivity index (χ2v) is 9.07. The van der Waals surface area contributed by atoms with E-state index < -0.39 is 6.04 Å². The van der Waals surface area contributed by atoms with Gasteiger partial charge >= 0.3 is 0 Å². The van der Waals surface area contributed by atoms with Crippen LogP contribution in [0.5, 0.6) is 0 Å². The van der Waals surface area contributed by atoms with Gasteiger partial charge < -0.3 is 10.1 Å². The van der Waals surface area contributed by atoms with Crippen molar-refractivity contribution < 1.29 is 4.79 Å². The van der Waals surface area contributed by atoms with Crippen LogP contribution in [0, 0.1) is 28.6 Å². The first-order valence-corrected chi connectivity index (χ1v) is 11.9. The van der Waals surface area contributed by atoms with E-state index in [1.54, 1.807) is 40.8 Å². The minimum atomic E-state index is -0.458. The Balaban J connectivity index is 1.46. The number of nitriles is 2. The third-order valence-electron chi connectivity index (χ3n) is 6.64. The SMILES string of the molecule is C[C@H](C#N)Nc1cc(-n2ncc3cc(C#N)cnc32)ncc1-n1cc(C2CCC(CC=O)CC2)nn1. The highest BCUT2D eigenvalue weighted by molar-refractivity contribution is 5.77. The van der Waals surface area contributed by atoms with Crippen molar-refractivity contribution in [1.29, 1.82) is 10.5 Å².